The summed E-state index contributed by atoms with van der Waals surface area (Å²) < 4.78 is 6.23. The lowest BCUT2D eigenvalue weighted by molar-refractivity contribution is -0.161. The average Bonchev–Trinajstić information content (AvgIpc) is 2.91. The summed E-state index contributed by atoms with van der Waals surface area (Å²) >= 11 is 1.52. The molecule has 2 aliphatic rings. The van der Waals surface area contributed by atoms with Crippen molar-refractivity contribution in [3.63, 3.8) is 0 Å². The Morgan fingerprint density at radius 3 is 2.32 bits per heavy atom. The maximum Gasteiger partial charge on any atom is 0.319 e. The zero-order valence-electron chi connectivity index (χ0n) is 18.5. The lowest BCUT2D eigenvalue weighted by atomic mass is 9.86. The number of thioether (sulfide) groups is 1. The number of nitrogens with zero attached hydrogens (tertiary/aromatic N) is 2. The van der Waals surface area contributed by atoms with E-state index in [1.807, 2.05) is 91.0 Å². The van der Waals surface area contributed by atoms with Crippen molar-refractivity contribution in [3.05, 3.63) is 108 Å². The van der Waals surface area contributed by atoms with Crippen LogP contribution in [-0.4, -0.2) is 45.5 Å². The van der Waals surface area contributed by atoms with Crippen LogP contribution in [0.2, 0.25) is 0 Å². The van der Waals surface area contributed by atoms with Crippen LogP contribution in [0.15, 0.2) is 91.1 Å². The van der Waals surface area contributed by atoms with Gasteiger partial charge in [-0.3, -0.25) is 14.6 Å². The minimum atomic E-state index is -1.02. The van der Waals surface area contributed by atoms with Crippen LogP contribution in [-0.2, 0) is 14.3 Å². The van der Waals surface area contributed by atoms with Gasteiger partial charge in [-0.25, -0.2) is 0 Å². The Kier molecular flexibility index (Phi) is 6.22. The van der Waals surface area contributed by atoms with E-state index in [0.29, 0.717) is 5.75 Å². The number of amides is 1. The Labute approximate surface area is 202 Å². The van der Waals surface area contributed by atoms with Crippen molar-refractivity contribution in [2.75, 3.05) is 12.3 Å². The van der Waals surface area contributed by atoms with Gasteiger partial charge in [-0.2, -0.15) is 0 Å². The maximum absolute atomic E-state index is 13.9. The van der Waals surface area contributed by atoms with Crippen molar-refractivity contribution in [3.8, 4) is 0 Å². The molecule has 2 aliphatic heterocycles. The van der Waals surface area contributed by atoms with Crippen LogP contribution >= 0.6 is 11.8 Å². The lowest BCUT2D eigenvalue weighted by Crippen LogP contribution is -2.72. The third-order valence-electron chi connectivity index (χ3n) is 6.24. The molecule has 2 aromatic carbocycles. The summed E-state index contributed by atoms with van der Waals surface area (Å²) in [4.78, 5) is 32.4. The fraction of sp³-hybridized carbons (Fsp3) is 0.222. The Morgan fingerprint density at radius 2 is 1.71 bits per heavy atom. The Morgan fingerprint density at radius 1 is 1.06 bits per heavy atom. The van der Waals surface area contributed by atoms with E-state index in [1.54, 1.807) is 11.1 Å². The molecule has 3 heterocycles. The van der Waals surface area contributed by atoms with Crippen molar-refractivity contribution in [1.29, 1.82) is 0 Å². The molecule has 0 saturated carbocycles. The summed E-state index contributed by atoms with van der Waals surface area (Å²) in [5, 5.41) is -0.101. The number of hydrogen-bond acceptors (Lipinski definition) is 6. The molecule has 7 heteroatoms. The molecule has 0 radical (unpaired) electrons. The number of carbonyl (C=O) groups is 2. The number of benzene rings is 2. The lowest BCUT2D eigenvalue weighted by Gasteiger charge is -2.52. The minimum absolute atomic E-state index is 0.101. The van der Waals surface area contributed by atoms with Crippen molar-refractivity contribution in [2.24, 2.45) is 11.1 Å². The van der Waals surface area contributed by atoms with Gasteiger partial charge in [0.25, 0.3) is 0 Å². The van der Waals surface area contributed by atoms with E-state index in [1.165, 1.54) is 11.8 Å². The summed E-state index contributed by atoms with van der Waals surface area (Å²) in [7, 11) is 0. The number of nitrogens with two attached hydrogens (primary N) is 1. The number of hydrogen-bond donors (Lipinski definition) is 1. The first-order chi connectivity index (χ1) is 16.6. The van der Waals surface area contributed by atoms with Crippen LogP contribution in [0.5, 0.6) is 0 Å². The molecule has 0 bridgehead atoms. The molecule has 2 unspecified atom stereocenters. The number of fused-ring (bicyclic) bond motifs is 1. The molecule has 5 rings (SSSR count). The Balaban J connectivity index is 1.48. The molecule has 1 aromatic heterocycles. The molecule has 0 spiro atoms. The first-order valence-electron chi connectivity index (χ1n) is 11.2. The summed E-state index contributed by atoms with van der Waals surface area (Å²) in [6, 6.07) is 24.5. The van der Waals surface area contributed by atoms with Crippen LogP contribution in [0.3, 0.4) is 0 Å². The van der Waals surface area contributed by atoms with Crippen LogP contribution < -0.4 is 5.73 Å². The van der Waals surface area contributed by atoms with Gasteiger partial charge >= 0.3 is 5.97 Å². The SMILES string of the molecule is NC1C(=O)N2CC(C=Cc3ccccn3)(C(=O)OC(c3ccccc3)c3ccccc3)CS[C@H]12. The van der Waals surface area contributed by atoms with E-state index < -0.39 is 17.6 Å². The molecule has 2 N–H and O–H groups in total. The van der Waals surface area contributed by atoms with E-state index in [0.717, 1.165) is 16.8 Å². The summed E-state index contributed by atoms with van der Waals surface area (Å²) in [6.07, 6.45) is 4.80. The molecule has 2 fully saturated rings. The molecular weight excluding hydrogens is 446 g/mol. The number of pyridine rings is 1. The molecular formula is C27H25N3O3S. The quantitative estimate of drug-likeness (QED) is 0.436. The first-order valence-corrected chi connectivity index (χ1v) is 12.2. The molecule has 0 aliphatic carbocycles. The highest BCUT2D eigenvalue weighted by Crippen LogP contribution is 2.44. The smallest absolute Gasteiger partial charge is 0.319 e. The van der Waals surface area contributed by atoms with Gasteiger partial charge < -0.3 is 15.4 Å². The number of β-lactam (4-membered cyclic amide) rings is 1. The summed E-state index contributed by atoms with van der Waals surface area (Å²) in [5.41, 5.74) is 7.46. The number of esters is 1. The van der Waals surface area contributed by atoms with Gasteiger partial charge in [-0.15, -0.1) is 11.8 Å². The molecule has 3 atom stereocenters. The summed E-state index contributed by atoms with van der Waals surface area (Å²) in [5.74, 6) is -0.0481. The Bertz CT molecular complexity index is 1150. The molecule has 172 valence electrons. The van der Waals surface area contributed by atoms with E-state index in [4.69, 9.17) is 10.5 Å². The molecule has 34 heavy (non-hydrogen) atoms. The van der Waals surface area contributed by atoms with Gasteiger partial charge in [0.05, 0.1) is 5.69 Å². The molecule has 3 aromatic rings. The summed E-state index contributed by atoms with van der Waals surface area (Å²) in [6.45, 7) is 0.232. The second-order valence-electron chi connectivity index (χ2n) is 8.54. The number of ether oxygens (including phenoxy) is 1. The highest BCUT2D eigenvalue weighted by molar-refractivity contribution is 8.00. The zero-order chi connectivity index (χ0) is 23.5. The predicted octanol–water partition coefficient (Wildman–Crippen LogP) is 3.66. The van der Waals surface area contributed by atoms with E-state index >= 15 is 0 Å². The largest absolute Gasteiger partial charge is 0.452 e. The second kappa shape index (κ2) is 9.44. The van der Waals surface area contributed by atoms with Crippen molar-refractivity contribution >= 4 is 29.7 Å². The Hall–Kier alpha value is -3.42. The molecule has 1 amide bonds. The van der Waals surface area contributed by atoms with Crippen molar-refractivity contribution in [1.82, 2.24) is 9.88 Å². The minimum Gasteiger partial charge on any atom is -0.452 e. The van der Waals surface area contributed by atoms with Gasteiger partial charge in [0, 0.05) is 18.5 Å². The van der Waals surface area contributed by atoms with Crippen molar-refractivity contribution < 1.29 is 14.3 Å². The molecule has 6 nitrogen and oxygen atoms in total. The number of carbonyl (C=O) groups excluding carboxylic acids is 2. The molecule has 2 saturated heterocycles. The van der Waals surface area contributed by atoms with Crippen LogP contribution in [0.25, 0.3) is 6.08 Å². The fourth-order valence-corrected chi connectivity index (χ4v) is 5.77. The standard InChI is InChI=1S/C27H25N3O3S/c28-22-24(31)30-17-27(18-34-25(22)30,15-14-21-13-7-8-16-29-21)26(32)33-23(19-9-3-1-4-10-19)20-11-5-2-6-12-20/h1-16,22-23,25H,17-18,28H2/t22?,25-,27?/m1/s1. The van der Waals surface area contributed by atoms with Crippen molar-refractivity contribution in [2.45, 2.75) is 17.5 Å². The maximum atomic E-state index is 13.9. The third kappa shape index (κ3) is 4.24. The van der Waals surface area contributed by atoms with Gasteiger partial charge in [0.1, 0.15) is 16.8 Å². The number of aromatic nitrogens is 1. The topological polar surface area (TPSA) is 85.5 Å². The average molecular weight is 472 g/mol. The van der Waals surface area contributed by atoms with Gasteiger partial charge in [0.15, 0.2) is 6.10 Å². The van der Waals surface area contributed by atoms with Gasteiger partial charge in [-0.05, 0) is 29.3 Å². The van der Waals surface area contributed by atoms with E-state index in [2.05, 4.69) is 4.98 Å². The third-order valence-corrected chi connectivity index (χ3v) is 7.81. The highest BCUT2D eigenvalue weighted by Gasteiger charge is 2.55. The van der Waals surface area contributed by atoms with Crippen LogP contribution in [0, 0.1) is 5.41 Å². The first kappa shape index (κ1) is 22.4. The predicted molar refractivity (Wildman–Crippen MR) is 132 cm³/mol. The second-order valence-corrected chi connectivity index (χ2v) is 9.65. The monoisotopic (exact) mass is 471 g/mol. The zero-order valence-corrected chi connectivity index (χ0v) is 19.3. The number of rotatable bonds is 6. The van der Waals surface area contributed by atoms with Crippen LogP contribution in [0.4, 0.5) is 0 Å². The highest BCUT2D eigenvalue weighted by atomic mass is 32.2. The normalized spacial score (nSPS) is 24.1. The van der Waals surface area contributed by atoms with E-state index in [9.17, 15) is 9.59 Å². The van der Waals surface area contributed by atoms with Gasteiger partial charge in [0.2, 0.25) is 5.91 Å². The fourth-order valence-electron chi connectivity index (χ4n) is 4.32. The van der Waals surface area contributed by atoms with Gasteiger partial charge in [-0.1, -0.05) is 72.8 Å². The van der Waals surface area contributed by atoms with E-state index in [-0.39, 0.29) is 23.8 Å². The van der Waals surface area contributed by atoms with Crippen LogP contribution in [0.1, 0.15) is 22.9 Å².